The van der Waals surface area contributed by atoms with E-state index in [-0.39, 0.29) is 17.3 Å². The second-order valence-corrected chi connectivity index (χ2v) is 8.29. The lowest BCUT2D eigenvalue weighted by molar-refractivity contribution is -0.151. The van der Waals surface area contributed by atoms with Crippen molar-refractivity contribution in [1.82, 2.24) is 9.55 Å². The molecular weight excluding hydrogens is 384 g/mol. The topological polar surface area (TPSA) is 61.2 Å². The number of fused-ring (bicyclic) bond motifs is 1. The number of benzene rings is 2. The summed E-state index contributed by atoms with van der Waals surface area (Å²) in [6.45, 7) is 5.43. The first-order valence-corrected chi connectivity index (χ1v) is 9.73. The minimum atomic E-state index is -0.568. The molecule has 0 amide bonds. The van der Waals surface area contributed by atoms with Gasteiger partial charge in [-0.15, -0.1) is 0 Å². The highest BCUT2D eigenvalue weighted by molar-refractivity contribution is 7.99. The van der Waals surface area contributed by atoms with Gasteiger partial charge in [-0.1, -0.05) is 41.6 Å². The van der Waals surface area contributed by atoms with Crippen LogP contribution in [0.1, 0.15) is 20.8 Å². The number of halogens is 1. The highest BCUT2D eigenvalue weighted by Crippen LogP contribution is 2.23. The van der Waals surface area contributed by atoms with E-state index in [1.807, 2.05) is 26.8 Å². The smallest absolute Gasteiger partial charge is 0.316 e. The summed E-state index contributed by atoms with van der Waals surface area (Å²) in [6.07, 6.45) is 0. The summed E-state index contributed by atoms with van der Waals surface area (Å²) in [5.41, 5.74) is 0.389. The van der Waals surface area contributed by atoms with Crippen molar-refractivity contribution in [2.75, 3.05) is 5.75 Å². The number of hydrogen-bond donors (Lipinski definition) is 0. The van der Waals surface area contributed by atoms with E-state index in [4.69, 9.17) is 16.3 Å². The van der Waals surface area contributed by atoms with E-state index in [2.05, 4.69) is 4.98 Å². The molecule has 0 bridgehead atoms. The number of ether oxygens (including phenoxy) is 1. The van der Waals surface area contributed by atoms with Gasteiger partial charge in [-0.3, -0.25) is 14.2 Å². The Kier molecular flexibility index (Phi) is 5.58. The molecule has 0 N–H and O–H groups in total. The van der Waals surface area contributed by atoms with Crippen LogP contribution in [0.3, 0.4) is 0 Å². The van der Waals surface area contributed by atoms with Crippen LogP contribution in [0, 0.1) is 0 Å². The summed E-state index contributed by atoms with van der Waals surface area (Å²) in [4.78, 5) is 29.8. The fourth-order valence-corrected chi connectivity index (χ4v) is 3.52. The average molecular weight is 403 g/mol. The maximum Gasteiger partial charge on any atom is 0.316 e. The van der Waals surface area contributed by atoms with Gasteiger partial charge >= 0.3 is 5.97 Å². The third kappa shape index (κ3) is 4.70. The summed E-state index contributed by atoms with van der Waals surface area (Å²) in [7, 11) is 0. The zero-order chi connectivity index (χ0) is 19.6. The number of hydrogen-bond acceptors (Lipinski definition) is 5. The van der Waals surface area contributed by atoms with Crippen LogP contribution in [0.2, 0.25) is 5.02 Å². The highest BCUT2D eigenvalue weighted by atomic mass is 35.5. The van der Waals surface area contributed by atoms with Crippen molar-refractivity contribution in [2.45, 2.75) is 31.5 Å². The Bertz CT molecular complexity index is 1060. The number of nitrogens with zero attached hydrogens (tertiary/aromatic N) is 2. The Labute approximate surface area is 166 Å². The lowest BCUT2D eigenvalue weighted by Crippen LogP contribution is -2.26. The number of thioether (sulfide) groups is 1. The number of para-hydroxylation sites is 1. The molecule has 0 unspecified atom stereocenters. The molecule has 27 heavy (non-hydrogen) atoms. The lowest BCUT2D eigenvalue weighted by atomic mass is 10.2. The second-order valence-electron chi connectivity index (χ2n) is 6.91. The van der Waals surface area contributed by atoms with Crippen LogP contribution in [0.5, 0.6) is 0 Å². The SMILES string of the molecule is CC(C)(C)OC(=O)CSc1nc2ccccc2c(=O)n1-c1cccc(Cl)c1. The van der Waals surface area contributed by atoms with Crippen LogP contribution in [-0.2, 0) is 9.53 Å². The molecule has 5 nitrogen and oxygen atoms in total. The van der Waals surface area contributed by atoms with E-state index in [9.17, 15) is 9.59 Å². The van der Waals surface area contributed by atoms with E-state index in [0.29, 0.717) is 26.8 Å². The fourth-order valence-electron chi connectivity index (χ4n) is 2.55. The van der Waals surface area contributed by atoms with Crippen LogP contribution in [-0.4, -0.2) is 26.9 Å². The standard InChI is InChI=1S/C20H19ClN2O3S/c1-20(2,3)26-17(24)12-27-19-22-16-10-5-4-9-15(16)18(25)23(19)14-8-6-7-13(21)11-14/h4-11H,12H2,1-3H3. The zero-order valence-corrected chi connectivity index (χ0v) is 16.8. The largest absolute Gasteiger partial charge is 0.459 e. The summed E-state index contributed by atoms with van der Waals surface area (Å²) in [5.74, 6) is -0.324. The van der Waals surface area contributed by atoms with Crippen molar-refractivity contribution < 1.29 is 9.53 Å². The Morgan fingerprint density at radius 2 is 1.93 bits per heavy atom. The number of carbonyl (C=O) groups is 1. The third-order valence-electron chi connectivity index (χ3n) is 3.55. The highest BCUT2D eigenvalue weighted by Gasteiger charge is 2.19. The van der Waals surface area contributed by atoms with Gasteiger partial charge in [0.15, 0.2) is 5.16 Å². The zero-order valence-electron chi connectivity index (χ0n) is 15.2. The Morgan fingerprint density at radius 1 is 1.19 bits per heavy atom. The quantitative estimate of drug-likeness (QED) is 0.366. The number of rotatable bonds is 4. The maximum absolute atomic E-state index is 13.1. The van der Waals surface area contributed by atoms with Crippen molar-refractivity contribution in [3.05, 3.63) is 63.9 Å². The normalized spacial score (nSPS) is 11.6. The van der Waals surface area contributed by atoms with E-state index in [1.165, 1.54) is 4.57 Å². The van der Waals surface area contributed by atoms with Gasteiger partial charge in [0.25, 0.3) is 5.56 Å². The molecule has 7 heteroatoms. The molecule has 3 aromatic rings. The maximum atomic E-state index is 13.1. The van der Waals surface area contributed by atoms with E-state index in [1.54, 1.807) is 42.5 Å². The van der Waals surface area contributed by atoms with Crippen LogP contribution in [0.15, 0.2) is 58.5 Å². The lowest BCUT2D eigenvalue weighted by Gasteiger charge is -2.19. The van der Waals surface area contributed by atoms with Crippen LogP contribution >= 0.6 is 23.4 Å². The Balaban J connectivity index is 2.06. The summed E-state index contributed by atoms with van der Waals surface area (Å²) < 4.78 is 6.82. The molecule has 1 aromatic heterocycles. The van der Waals surface area contributed by atoms with Gasteiger partial charge in [0, 0.05) is 5.02 Å². The first-order valence-electron chi connectivity index (χ1n) is 8.37. The number of esters is 1. The molecular formula is C20H19ClN2O3S. The minimum absolute atomic E-state index is 0.0443. The van der Waals surface area contributed by atoms with Crippen molar-refractivity contribution in [3.63, 3.8) is 0 Å². The van der Waals surface area contributed by atoms with Crippen molar-refractivity contribution in [2.24, 2.45) is 0 Å². The molecule has 0 fully saturated rings. The molecule has 0 spiro atoms. The third-order valence-corrected chi connectivity index (χ3v) is 4.70. The van der Waals surface area contributed by atoms with Crippen LogP contribution in [0.4, 0.5) is 0 Å². The molecule has 0 radical (unpaired) electrons. The number of carbonyl (C=O) groups excluding carboxylic acids is 1. The molecule has 0 aliphatic heterocycles. The molecule has 2 aromatic carbocycles. The fraction of sp³-hybridized carbons (Fsp3) is 0.250. The van der Waals surface area contributed by atoms with Gasteiger partial charge in [0.2, 0.25) is 0 Å². The van der Waals surface area contributed by atoms with Gasteiger partial charge in [-0.05, 0) is 51.1 Å². The van der Waals surface area contributed by atoms with Crippen LogP contribution < -0.4 is 5.56 Å². The predicted octanol–water partition coefficient (Wildman–Crippen LogP) is 4.47. The van der Waals surface area contributed by atoms with Gasteiger partial charge in [-0.25, -0.2) is 4.98 Å². The molecule has 1 heterocycles. The van der Waals surface area contributed by atoms with Crippen LogP contribution in [0.25, 0.3) is 16.6 Å². The van der Waals surface area contributed by atoms with Crippen molar-refractivity contribution >= 4 is 40.2 Å². The predicted molar refractivity (Wildman–Crippen MR) is 109 cm³/mol. The molecule has 140 valence electrons. The Hall–Kier alpha value is -2.31. The average Bonchev–Trinajstić information content (AvgIpc) is 2.58. The minimum Gasteiger partial charge on any atom is -0.459 e. The van der Waals surface area contributed by atoms with Gasteiger partial charge < -0.3 is 4.74 Å². The molecule has 0 aliphatic carbocycles. The van der Waals surface area contributed by atoms with Gasteiger partial charge in [0.1, 0.15) is 5.60 Å². The molecule has 0 saturated carbocycles. The summed E-state index contributed by atoms with van der Waals surface area (Å²) in [5, 5.41) is 1.42. The second kappa shape index (κ2) is 7.74. The van der Waals surface area contributed by atoms with Gasteiger partial charge in [-0.2, -0.15) is 0 Å². The first-order chi connectivity index (χ1) is 12.7. The first kappa shape index (κ1) is 19.5. The van der Waals surface area contributed by atoms with E-state index in [0.717, 1.165) is 11.8 Å². The molecule has 0 atom stereocenters. The summed E-state index contributed by atoms with van der Waals surface area (Å²) >= 11 is 7.26. The van der Waals surface area contributed by atoms with Crippen molar-refractivity contribution in [3.8, 4) is 5.69 Å². The summed E-state index contributed by atoms with van der Waals surface area (Å²) in [6, 6.07) is 14.1. The van der Waals surface area contributed by atoms with E-state index < -0.39 is 5.60 Å². The molecule has 0 aliphatic rings. The molecule has 3 rings (SSSR count). The Morgan fingerprint density at radius 3 is 2.63 bits per heavy atom. The van der Waals surface area contributed by atoms with Crippen molar-refractivity contribution in [1.29, 1.82) is 0 Å². The molecule has 0 saturated heterocycles. The van der Waals surface area contributed by atoms with Gasteiger partial charge in [0.05, 0.1) is 22.3 Å². The monoisotopic (exact) mass is 402 g/mol. The number of aromatic nitrogens is 2. The van der Waals surface area contributed by atoms with E-state index >= 15 is 0 Å².